The lowest BCUT2D eigenvalue weighted by Crippen LogP contribution is -2.40. The lowest BCUT2D eigenvalue weighted by atomic mass is 9.99. The number of nitrogens with two attached hydrogens (primary N) is 1. The van der Waals surface area contributed by atoms with Crippen LogP contribution in [-0.4, -0.2) is 103 Å². The zero-order valence-electron chi connectivity index (χ0n) is 43.9. The summed E-state index contributed by atoms with van der Waals surface area (Å²) in [5, 5.41) is 50.1. The van der Waals surface area contributed by atoms with Crippen LogP contribution in [0.5, 0.6) is 0 Å². The first-order valence-corrected chi connectivity index (χ1v) is 27.2. The molecule has 10 rings (SSSR count). The number of aliphatic hydroxyl groups is 4. The van der Waals surface area contributed by atoms with E-state index >= 15 is 0 Å². The molecule has 7 aromatic rings. The molecule has 3 fully saturated rings. The Morgan fingerprint density at radius 2 is 0.946 bits per heavy atom. The summed E-state index contributed by atoms with van der Waals surface area (Å²) in [4.78, 5) is 28.3. The van der Waals surface area contributed by atoms with Gasteiger partial charge in [0.2, 0.25) is 11.9 Å². The highest BCUT2D eigenvalue weighted by Gasteiger charge is 2.35. The quantitative estimate of drug-likeness (QED) is 0.0437. The van der Waals surface area contributed by atoms with Crippen LogP contribution in [0.1, 0.15) is 135 Å². The number of hydrogen-bond acceptors (Lipinski definition) is 15. The SMILES string of the molecule is CC(C)n1cnc2c(NCc3ccc(-c4ccccc4)cc3)nc(NC3(CO)CCCC3)nc21.CC(C)n1cnc2c(NCc3ccc(Br)cc3)nc(NC3(CO)CCCC3)nc21.CCO.NC1(CO)CCCC1. The molecule has 10 N–H and O–H groups in total. The third-order valence-corrected chi connectivity index (χ3v) is 14.8. The lowest BCUT2D eigenvalue weighted by Gasteiger charge is -2.28. The summed E-state index contributed by atoms with van der Waals surface area (Å²) >= 11 is 3.47. The fourth-order valence-electron chi connectivity index (χ4n) is 9.83. The van der Waals surface area contributed by atoms with Crippen molar-refractivity contribution in [2.75, 3.05) is 47.7 Å². The van der Waals surface area contributed by atoms with Gasteiger partial charge >= 0.3 is 0 Å². The largest absolute Gasteiger partial charge is 0.397 e. The zero-order chi connectivity index (χ0) is 52.7. The Labute approximate surface area is 444 Å². The van der Waals surface area contributed by atoms with Gasteiger partial charge in [-0.2, -0.15) is 19.9 Å². The van der Waals surface area contributed by atoms with Crippen LogP contribution in [-0.2, 0) is 13.1 Å². The van der Waals surface area contributed by atoms with Crippen molar-refractivity contribution in [1.82, 2.24) is 39.0 Å². The molecule has 0 radical (unpaired) electrons. The highest BCUT2D eigenvalue weighted by molar-refractivity contribution is 9.10. The minimum Gasteiger partial charge on any atom is -0.397 e. The normalized spacial score (nSPS) is 16.3. The van der Waals surface area contributed by atoms with Gasteiger partial charge in [-0.15, -0.1) is 0 Å². The van der Waals surface area contributed by atoms with Crippen LogP contribution in [0.25, 0.3) is 33.5 Å². The maximum atomic E-state index is 10.1. The first-order chi connectivity index (χ1) is 35.7. The molecule has 0 saturated heterocycles. The second kappa shape index (κ2) is 26.1. The molecule has 3 aliphatic carbocycles. The number of halogens is 1. The van der Waals surface area contributed by atoms with Gasteiger partial charge in [-0.3, -0.25) is 0 Å². The first kappa shape index (κ1) is 56.0. The Balaban J connectivity index is 0.000000181. The topological polar surface area (TPSA) is 242 Å². The fourth-order valence-corrected chi connectivity index (χ4v) is 10.1. The number of fused-ring (bicyclic) bond motifs is 2. The van der Waals surface area contributed by atoms with Gasteiger partial charge < -0.3 is 56.6 Å². The second-order valence-electron chi connectivity index (χ2n) is 20.6. The zero-order valence-corrected chi connectivity index (χ0v) is 45.5. The summed E-state index contributed by atoms with van der Waals surface area (Å²) in [6, 6.07) is 27.6. The molecule has 0 aliphatic heterocycles. The maximum Gasteiger partial charge on any atom is 0.227 e. The van der Waals surface area contributed by atoms with Crippen molar-refractivity contribution >= 4 is 61.8 Å². The molecule has 4 heterocycles. The van der Waals surface area contributed by atoms with Crippen molar-refractivity contribution in [3.8, 4) is 11.1 Å². The van der Waals surface area contributed by atoms with Crippen LogP contribution >= 0.6 is 15.9 Å². The fraction of sp³-hybridized carbons (Fsp3) is 0.500. The second-order valence-corrected chi connectivity index (χ2v) is 21.5. The summed E-state index contributed by atoms with van der Waals surface area (Å²) in [6.07, 6.45) is 16.1. The molecule has 0 bridgehead atoms. The Bertz CT molecular complexity index is 2800. The number of imidazole rings is 2. The summed E-state index contributed by atoms with van der Waals surface area (Å²) < 4.78 is 5.16. The van der Waals surface area contributed by atoms with Crippen LogP contribution in [0.15, 0.2) is 96.0 Å². The van der Waals surface area contributed by atoms with E-state index in [4.69, 9.17) is 35.9 Å². The van der Waals surface area contributed by atoms with Crippen molar-refractivity contribution in [3.05, 3.63) is 107 Å². The van der Waals surface area contributed by atoms with Gasteiger partial charge in [-0.1, -0.05) is 121 Å². The van der Waals surface area contributed by atoms with Gasteiger partial charge in [0.15, 0.2) is 34.0 Å². The number of hydrogen-bond donors (Lipinski definition) is 9. The predicted molar refractivity (Wildman–Crippen MR) is 301 cm³/mol. The highest BCUT2D eigenvalue weighted by atomic mass is 79.9. The van der Waals surface area contributed by atoms with E-state index in [2.05, 4.69) is 140 Å². The standard InChI is InChI=1S/C27H32N6O.C21H27BrN6O.C6H13NO.C2H6O/c1-19(2)33-18-29-23-24(30-26(31-25(23)33)32-27(17-34)14-6-7-15-27)28-16-20-10-12-22(13-11-20)21-8-4-3-5-9-21;1-14(2)28-13-24-17-18(23-11-15-5-7-16(22)8-6-15)25-20(26-19(17)28)27-21(12-29)9-3-4-10-21;7-6(5-8)3-1-2-4-6;1-2-3/h3-5,8-13,18-19,34H,6-7,14-17H2,1-2H3,(H2,28,30,31,32);5-8,13-14,29H,3-4,9-12H2,1-2H3,(H2,23,25,26,27);8H,1-5,7H2;3H,2H2,1H3. The number of aromatic nitrogens is 8. The van der Waals surface area contributed by atoms with Gasteiger partial charge in [-0.05, 0) is 108 Å². The minimum absolute atomic E-state index is 0.0777. The monoisotopic (exact) mass is 1080 g/mol. The molecule has 0 atom stereocenters. The lowest BCUT2D eigenvalue weighted by molar-refractivity contribution is 0.199. The molecule has 74 heavy (non-hydrogen) atoms. The highest BCUT2D eigenvalue weighted by Crippen LogP contribution is 2.35. The van der Waals surface area contributed by atoms with E-state index in [1.807, 2.05) is 35.4 Å². The van der Waals surface area contributed by atoms with Gasteiger partial charge in [0.1, 0.15) is 0 Å². The molecule has 0 spiro atoms. The molecule has 3 saturated carbocycles. The third kappa shape index (κ3) is 14.3. The van der Waals surface area contributed by atoms with Crippen LogP contribution in [0.3, 0.4) is 0 Å². The summed E-state index contributed by atoms with van der Waals surface area (Å²) in [5.74, 6) is 2.47. The van der Waals surface area contributed by atoms with Crippen molar-refractivity contribution in [1.29, 1.82) is 0 Å². The molecule has 17 nitrogen and oxygen atoms in total. The van der Waals surface area contributed by atoms with E-state index in [0.29, 0.717) is 36.6 Å². The number of nitrogens with one attached hydrogen (secondary N) is 4. The molecule has 0 amide bonds. The van der Waals surface area contributed by atoms with Gasteiger partial charge in [-0.25, -0.2) is 9.97 Å². The summed E-state index contributed by atoms with van der Waals surface area (Å²) in [5.41, 5.74) is 12.6. The molecular weight excluding hydrogens is 999 g/mol. The number of benzene rings is 3. The van der Waals surface area contributed by atoms with Crippen molar-refractivity contribution in [3.63, 3.8) is 0 Å². The van der Waals surface area contributed by atoms with Gasteiger partial charge in [0, 0.05) is 41.8 Å². The average molecular weight is 1080 g/mol. The van der Waals surface area contributed by atoms with Gasteiger partial charge in [0.05, 0.1) is 43.6 Å². The van der Waals surface area contributed by atoms with E-state index in [-0.39, 0.29) is 55.1 Å². The molecule has 3 aliphatic rings. The number of anilines is 4. The first-order valence-electron chi connectivity index (χ1n) is 26.4. The molecule has 18 heteroatoms. The van der Waals surface area contributed by atoms with E-state index in [0.717, 1.165) is 102 Å². The van der Waals surface area contributed by atoms with E-state index in [1.54, 1.807) is 6.92 Å². The van der Waals surface area contributed by atoms with Crippen molar-refractivity contribution in [2.24, 2.45) is 5.73 Å². The Kier molecular flexibility index (Phi) is 19.8. The van der Waals surface area contributed by atoms with Crippen molar-refractivity contribution in [2.45, 2.75) is 153 Å². The van der Waals surface area contributed by atoms with Crippen LogP contribution in [0.4, 0.5) is 23.5 Å². The number of aliphatic hydroxyl groups excluding tert-OH is 4. The Morgan fingerprint density at radius 3 is 1.32 bits per heavy atom. The Hall–Kier alpha value is -5.76. The summed E-state index contributed by atoms with van der Waals surface area (Å²) in [6.45, 7) is 12.0. The van der Waals surface area contributed by atoms with E-state index < -0.39 is 0 Å². The minimum atomic E-state index is -0.346. The molecule has 398 valence electrons. The maximum absolute atomic E-state index is 10.1. The predicted octanol–water partition coefficient (Wildman–Crippen LogP) is 10.2. The Morgan fingerprint density at radius 1 is 0.554 bits per heavy atom. The van der Waals surface area contributed by atoms with Crippen molar-refractivity contribution < 1.29 is 20.4 Å². The molecular formula is C56H78BrN13O4. The van der Waals surface area contributed by atoms with Crippen LogP contribution in [0.2, 0.25) is 0 Å². The number of nitrogens with zero attached hydrogens (tertiary/aromatic N) is 8. The van der Waals surface area contributed by atoms with Gasteiger partial charge in [0.25, 0.3) is 0 Å². The van der Waals surface area contributed by atoms with E-state index in [1.165, 1.54) is 24.0 Å². The smallest absolute Gasteiger partial charge is 0.227 e. The van der Waals surface area contributed by atoms with E-state index in [9.17, 15) is 10.2 Å². The van der Waals surface area contributed by atoms with Crippen LogP contribution in [0, 0.1) is 0 Å². The molecule has 0 unspecified atom stereocenters. The average Bonchev–Trinajstić information content (AvgIpc) is 4.29. The third-order valence-electron chi connectivity index (χ3n) is 14.2. The number of rotatable bonds is 16. The molecule has 4 aromatic heterocycles. The summed E-state index contributed by atoms with van der Waals surface area (Å²) in [7, 11) is 0. The molecule has 3 aromatic carbocycles. The van der Waals surface area contributed by atoms with Crippen LogP contribution < -0.4 is 27.0 Å².